The Labute approximate surface area is 84.3 Å². The minimum atomic E-state index is -0.151. The normalized spacial score (nSPS) is 9.64. The fourth-order valence-electron chi connectivity index (χ4n) is 1.04. The van der Waals surface area contributed by atoms with E-state index in [0.29, 0.717) is 6.01 Å². The number of aryl methyl sites for hydroxylation is 1. The molecule has 0 aliphatic rings. The molecule has 1 heterocycles. The van der Waals surface area contributed by atoms with E-state index in [1.165, 1.54) is 16.4 Å². The van der Waals surface area contributed by atoms with Crippen LogP contribution in [0.15, 0.2) is 4.79 Å². The molecule has 1 aromatic heterocycles. The monoisotopic (exact) mass is 201 g/mol. The van der Waals surface area contributed by atoms with Gasteiger partial charge in [0.2, 0.25) is 0 Å². The van der Waals surface area contributed by atoms with Crippen LogP contribution in [0, 0.1) is 0 Å². The van der Waals surface area contributed by atoms with Gasteiger partial charge in [0.15, 0.2) is 0 Å². The molecule has 0 saturated heterocycles. The first-order valence-corrected chi connectivity index (χ1v) is 4.77. The zero-order valence-corrected chi connectivity index (χ0v) is 9.74. The molecule has 82 valence electrons. The molecule has 0 aliphatic heterocycles. The lowest BCUT2D eigenvalue weighted by molar-refractivity contribution is 0.342. The fraction of sp³-hybridized carbons (Fsp3) is 0.778. The lowest BCUT2D eigenvalue weighted by Gasteiger charge is -2.06. The van der Waals surface area contributed by atoms with Crippen molar-refractivity contribution in [2.45, 2.75) is 33.7 Å². The molecule has 14 heavy (non-hydrogen) atoms. The second-order valence-corrected chi connectivity index (χ2v) is 2.86. The predicted molar refractivity (Wildman–Crippen MR) is 55.8 cm³/mol. The third-order valence-corrected chi connectivity index (χ3v) is 1.62. The molecule has 0 bridgehead atoms. The molecule has 0 amide bonds. The summed E-state index contributed by atoms with van der Waals surface area (Å²) in [6, 6.07) is 0.429. The molecule has 0 spiro atoms. The number of rotatable bonds is 2. The molecule has 0 atom stereocenters. The van der Waals surface area contributed by atoms with Crippen LogP contribution in [0.25, 0.3) is 0 Å². The Morgan fingerprint density at radius 1 is 1.36 bits per heavy atom. The van der Waals surface area contributed by atoms with E-state index in [1.54, 1.807) is 7.05 Å². The van der Waals surface area contributed by atoms with Crippen LogP contribution in [-0.4, -0.2) is 21.5 Å². The van der Waals surface area contributed by atoms with Crippen LogP contribution in [0.2, 0.25) is 0 Å². The Morgan fingerprint density at radius 3 is 2.14 bits per heavy atom. The van der Waals surface area contributed by atoms with E-state index in [4.69, 9.17) is 4.74 Å². The highest BCUT2D eigenvalue weighted by Gasteiger charge is 2.13. The van der Waals surface area contributed by atoms with E-state index in [2.05, 4.69) is 5.10 Å². The second-order valence-electron chi connectivity index (χ2n) is 2.86. The van der Waals surface area contributed by atoms with Gasteiger partial charge in [-0.25, -0.2) is 14.0 Å². The molecule has 0 saturated carbocycles. The molecule has 5 heteroatoms. The van der Waals surface area contributed by atoms with Crippen molar-refractivity contribution in [3.05, 3.63) is 10.5 Å². The Morgan fingerprint density at radius 2 is 1.86 bits per heavy atom. The SMILES string of the molecule is CC.COc1nn(C)c(=O)n1C(C)C. The average Bonchev–Trinajstić information content (AvgIpc) is 2.46. The van der Waals surface area contributed by atoms with Crippen LogP contribution < -0.4 is 10.4 Å². The smallest absolute Gasteiger partial charge is 0.348 e. The minimum absolute atomic E-state index is 0.0705. The maximum atomic E-state index is 11.4. The Hall–Kier alpha value is -1.26. The van der Waals surface area contributed by atoms with Crippen molar-refractivity contribution in [1.82, 2.24) is 14.3 Å². The number of hydrogen-bond donors (Lipinski definition) is 0. The van der Waals surface area contributed by atoms with Crippen molar-refractivity contribution in [1.29, 1.82) is 0 Å². The summed E-state index contributed by atoms with van der Waals surface area (Å²) in [7, 11) is 3.10. The first kappa shape index (κ1) is 12.7. The molecule has 0 N–H and O–H groups in total. The van der Waals surface area contributed by atoms with E-state index in [0.717, 1.165) is 0 Å². The van der Waals surface area contributed by atoms with Gasteiger partial charge in [-0.15, -0.1) is 5.10 Å². The molecule has 5 nitrogen and oxygen atoms in total. The van der Waals surface area contributed by atoms with Crippen molar-refractivity contribution in [3.63, 3.8) is 0 Å². The van der Waals surface area contributed by atoms with E-state index < -0.39 is 0 Å². The number of methoxy groups -OCH3 is 1. The molecule has 0 aromatic carbocycles. The van der Waals surface area contributed by atoms with Crippen LogP contribution in [0.3, 0.4) is 0 Å². The summed E-state index contributed by atoms with van der Waals surface area (Å²) in [5, 5.41) is 3.89. The van der Waals surface area contributed by atoms with Crippen LogP contribution in [-0.2, 0) is 7.05 Å². The van der Waals surface area contributed by atoms with Crippen molar-refractivity contribution >= 4 is 0 Å². The summed E-state index contributed by atoms with van der Waals surface area (Å²) in [5.41, 5.74) is -0.151. The van der Waals surface area contributed by atoms with E-state index in [-0.39, 0.29) is 11.7 Å². The number of nitrogens with zero attached hydrogens (tertiary/aromatic N) is 3. The van der Waals surface area contributed by atoms with Gasteiger partial charge in [-0.05, 0) is 13.8 Å². The summed E-state index contributed by atoms with van der Waals surface area (Å²) in [6.45, 7) is 7.82. The van der Waals surface area contributed by atoms with Crippen molar-refractivity contribution in [2.75, 3.05) is 7.11 Å². The van der Waals surface area contributed by atoms with E-state index in [1.807, 2.05) is 27.7 Å². The van der Waals surface area contributed by atoms with Gasteiger partial charge in [-0.3, -0.25) is 0 Å². The Kier molecular flexibility index (Phi) is 4.97. The van der Waals surface area contributed by atoms with Gasteiger partial charge in [0.1, 0.15) is 0 Å². The van der Waals surface area contributed by atoms with Gasteiger partial charge in [-0.1, -0.05) is 13.8 Å². The lowest BCUT2D eigenvalue weighted by Crippen LogP contribution is -2.24. The summed E-state index contributed by atoms with van der Waals surface area (Å²) < 4.78 is 7.70. The van der Waals surface area contributed by atoms with Gasteiger partial charge >= 0.3 is 11.7 Å². The largest absolute Gasteiger partial charge is 0.467 e. The quantitative estimate of drug-likeness (QED) is 0.722. The minimum Gasteiger partial charge on any atom is -0.467 e. The van der Waals surface area contributed by atoms with Crippen LogP contribution in [0.5, 0.6) is 6.01 Å². The highest BCUT2D eigenvalue weighted by molar-refractivity contribution is 4.94. The highest BCUT2D eigenvalue weighted by Crippen LogP contribution is 2.09. The number of aromatic nitrogens is 3. The molecular formula is C9H19N3O2. The fourth-order valence-corrected chi connectivity index (χ4v) is 1.04. The Bertz CT molecular complexity index is 325. The first-order valence-electron chi connectivity index (χ1n) is 4.77. The van der Waals surface area contributed by atoms with Gasteiger partial charge in [-0.2, -0.15) is 0 Å². The van der Waals surface area contributed by atoms with Crippen molar-refractivity contribution in [3.8, 4) is 6.01 Å². The lowest BCUT2D eigenvalue weighted by atomic mass is 10.4. The first-order chi connectivity index (χ1) is 6.57. The third kappa shape index (κ3) is 2.37. The van der Waals surface area contributed by atoms with Gasteiger partial charge in [0.05, 0.1) is 7.11 Å². The molecule has 0 fully saturated rings. The molecule has 1 rings (SSSR count). The molecule has 0 radical (unpaired) electrons. The van der Waals surface area contributed by atoms with Crippen molar-refractivity contribution < 1.29 is 4.74 Å². The van der Waals surface area contributed by atoms with E-state index in [9.17, 15) is 4.79 Å². The molecular weight excluding hydrogens is 182 g/mol. The Balaban J connectivity index is 0.000000791. The zero-order chi connectivity index (χ0) is 11.3. The van der Waals surface area contributed by atoms with Crippen molar-refractivity contribution in [2.24, 2.45) is 7.05 Å². The van der Waals surface area contributed by atoms with E-state index >= 15 is 0 Å². The topological polar surface area (TPSA) is 49.1 Å². The molecule has 0 unspecified atom stereocenters. The van der Waals surface area contributed by atoms with Crippen LogP contribution in [0.1, 0.15) is 33.7 Å². The summed E-state index contributed by atoms with van der Waals surface area (Å²) in [4.78, 5) is 11.4. The maximum Gasteiger partial charge on any atom is 0.348 e. The second kappa shape index (κ2) is 5.47. The van der Waals surface area contributed by atoms with Crippen LogP contribution >= 0.6 is 0 Å². The summed E-state index contributed by atoms with van der Waals surface area (Å²) >= 11 is 0. The van der Waals surface area contributed by atoms with Gasteiger partial charge in [0.25, 0.3) is 0 Å². The predicted octanol–water partition coefficient (Wildman–Crippen LogP) is 1.20. The molecule has 0 aliphatic carbocycles. The standard InChI is InChI=1S/C7H13N3O2.C2H6/c1-5(2)10-6(12-4)8-9(3)7(10)11;1-2/h5H,1-4H3;1-2H3. The third-order valence-electron chi connectivity index (χ3n) is 1.62. The van der Waals surface area contributed by atoms with Crippen LogP contribution in [0.4, 0.5) is 0 Å². The summed E-state index contributed by atoms with van der Waals surface area (Å²) in [5.74, 6) is 0. The number of ether oxygens (including phenoxy) is 1. The van der Waals surface area contributed by atoms with Gasteiger partial charge < -0.3 is 4.74 Å². The maximum absolute atomic E-state index is 11.4. The summed E-state index contributed by atoms with van der Waals surface area (Å²) in [6.07, 6.45) is 0. The molecule has 1 aromatic rings. The highest BCUT2D eigenvalue weighted by atomic mass is 16.5. The zero-order valence-electron chi connectivity index (χ0n) is 9.74. The number of hydrogen-bond acceptors (Lipinski definition) is 3. The average molecular weight is 201 g/mol. The van der Waals surface area contributed by atoms with Gasteiger partial charge in [0, 0.05) is 13.1 Å².